The van der Waals surface area contributed by atoms with Crippen molar-refractivity contribution in [1.82, 2.24) is 14.8 Å². The maximum Gasteiger partial charge on any atom is 0.226 e. The van der Waals surface area contributed by atoms with Gasteiger partial charge in [-0.2, -0.15) is 5.10 Å². The van der Waals surface area contributed by atoms with Gasteiger partial charge in [0.1, 0.15) is 5.69 Å². The summed E-state index contributed by atoms with van der Waals surface area (Å²) in [4.78, 5) is 21.1. The Morgan fingerprint density at radius 1 is 1.00 bits per heavy atom. The molecule has 0 saturated carbocycles. The number of hydrogen-bond donors (Lipinski definition) is 0. The summed E-state index contributed by atoms with van der Waals surface area (Å²) in [6.45, 7) is 11.8. The van der Waals surface area contributed by atoms with Crippen LogP contribution in [0.3, 0.4) is 0 Å². The van der Waals surface area contributed by atoms with Gasteiger partial charge in [-0.3, -0.25) is 4.98 Å². The van der Waals surface area contributed by atoms with Crippen LogP contribution >= 0.6 is 0 Å². The van der Waals surface area contributed by atoms with Crippen molar-refractivity contribution < 1.29 is 4.79 Å². The fraction of sp³-hybridized carbons (Fsp3) is 0.226. The molecular weight excluding hydrogens is 444 g/mol. The number of fused-ring (bicyclic) bond motifs is 3. The molecule has 5 heteroatoms. The third kappa shape index (κ3) is 3.33. The molecule has 6 rings (SSSR count). The smallest absolute Gasteiger partial charge is 0.226 e. The molecule has 2 aromatic heterocycles. The number of allylic oxidation sites excluding steroid dienone is 2. The molecule has 0 saturated heterocycles. The molecule has 0 spiro atoms. The molecule has 2 heterocycles. The molecule has 0 fully saturated rings. The van der Waals surface area contributed by atoms with E-state index in [4.69, 9.17) is 11.7 Å². The first-order valence-corrected chi connectivity index (χ1v) is 12.4. The summed E-state index contributed by atoms with van der Waals surface area (Å²) in [6.07, 6.45) is 5.39. The minimum absolute atomic E-state index is 0.0425. The van der Waals surface area contributed by atoms with Crippen LogP contribution in [0.5, 0.6) is 0 Å². The molecule has 0 radical (unpaired) electrons. The second kappa shape index (κ2) is 8.42. The second-order valence-electron chi connectivity index (χ2n) is 9.94. The molecule has 36 heavy (non-hydrogen) atoms. The lowest BCUT2D eigenvalue weighted by atomic mass is 9.58. The van der Waals surface area contributed by atoms with Crippen molar-refractivity contribution in [3.05, 3.63) is 113 Å². The lowest BCUT2D eigenvalue weighted by molar-refractivity contribution is -0.121. The Kier molecular flexibility index (Phi) is 5.19. The number of hydrogen-bond acceptors (Lipinski definition) is 3. The zero-order valence-corrected chi connectivity index (χ0v) is 20.3. The molecule has 5 nitrogen and oxygen atoms in total. The van der Waals surface area contributed by atoms with E-state index in [1.165, 1.54) is 0 Å². The Morgan fingerprint density at radius 2 is 1.72 bits per heavy atom. The Hall–Kier alpha value is -4.30. The summed E-state index contributed by atoms with van der Waals surface area (Å²) in [5, 5.41) is 5.13. The van der Waals surface area contributed by atoms with Crippen molar-refractivity contribution in [2.45, 2.75) is 32.1 Å². The van der Waals surface area contributed by atoms with E-state index in [9.17, 15) is 4.79 Å². The average Bonchev–Trinajstić information content (AvgIpc) is 3.33. The van der Waals surface area contributed by atoms with Crippen molar-refractivity contribution in [2.24, 2.45) is 11.8 Å². The molecule has 0 unspecified atom stereocenters. The van der Waals surface area contributed by atoms with Crippen molar-refractivity contribution in [1.29, 1.82) is 0 Å². The molecule has 0 bridgehead atoms. The van der Waals surface area contributed by atoms with Gasteiger partial charge in [-0.05, 0) is 54.2 Å². The third-order valence-electron chi connectivity index (χ3n) is 7.92. The van der Waals surface area contributed by atoms with E-state index in [-0.39, 0.29) is 23.3 Å². The van der Waals surface area contributed by atoms with Crippen LogP contribution in [0.15, 0.2) is 90.8 Å². The number of rotatable bonds is 3. The van der Waals surface area contributed by atoms with E-state index in [1.54, 1.807) is 6.20 Å². The van der Waals surface area contributed by atoms with Gasteiger partial charge in [0.25, 0.3) is 0 Å². The first kappa shape index (κ1) is 22.2. The SMILES string of the molecule is [C-]#[N+]C1=C[C@@]2(C)c3c(c(-c4ccccn4)nn3-c3ccc(-c4ccccc4)cc3)CC[C@@H]2[C@@H](C)C1=O. The van der Waals surface area contributed by atoms with Crippen LogP contribution in [0, 0.1) is 18.4 Å². The van der Waals surface area contributed by atoms with E-state index < -0.39 is 5.41 Å². The quantitative estimate of drug-likeness (QED) is 0.324. The molecule has 3 atom stereocenters. The minimum atomic E-state index is -0.487. The summed E-state index contributed by atoms with van der Waals surface area (Å²) >= 11 is 0. The number of nitrogens with zero attached hydrogens (tertiary/aromatic N) is 4. The third-order valence-corrected chi connectivity index (χ3v) is 7.92. The highest BCUT2D eigenvalue weighted by Gasteiger charge is 2.50. The van der Waals surface area contributed by atoms with Crippen LogP contribution in [0.2, 0.25) is 0 Å². The Balaban J connectivity index is 1.57. The van der Waals surface area contributed by atoms with Crippen molar-refractivity contribution >= 4 is 5.78 Å². The van der Waals surface area contributed by atoms with Crippen LogP contribution in [0.25, 0.3) is 33.0 Å². The second-order valence-corrected chi connectivity index (χ2v) is 9.94. The maximum absolute atomic E-state index is 12.9. The van der Waals surface area contributed by atoms with Gasteiger partial charge in [0.2, 0.25) is 5.70 Å². The number of benzene rings is 2. The van der Waals surface area contributed by atoms with Crippen LogP contribution in [0.1, 0.15) is 31.5 Å². The highest BCUT2D eigenvalue weighted by molar-refractivity contribution is 6.00. The number of pyridine rings is 1. The van der Waals surface area contributed by atoms with Crippen LogP contribution in [0.4, 0.5) is 0 Å². The average molecular weight is 471 g/mol. The number of carbonyl (C=O) groups is 1. The predicted octanol–water partition coefficient (Wildman–Crippen LogP) is 6.44. The van der Waals surface area contributed by atoms with Gasteiger partial charge in [-0.1, -0.05) is 68.5 Å². The topological polar surface area (TPSA) is 52.1 Å². The van der Waals surface area contributed by atoms with Gasteiger partial charge in [0.05, 0.1) is 23.6 Å². The summed E-state index contributed by atoms with van der Waals surface area (Å²) in [5.41, 5.74) is 6.94. The maximum atomic E-state index is 12.9. The van der Waals surface area contributed by atoms with Gasteiger partial charge >= 0.3 is 0 Å². The van der Waals surface area contributed by atoms with Gasteiger partial charge < -0.3 is 4.79 Å². The largest absolute Gasteiger partial charge is 0.308 e. The molecule has 0 aliphatic heterocycles. The summed E-state index contributed by atoms with van der Waals surface area (Å²) < 4.78 is 2.03. The van der Waals surface area contributed by atoms with Gasteiger partial charge in [0.15, 0.2) is 5.78 Å². The summed E-state index contributed by atoms with van der Waals surface area (Å²) in [6, 6.07) is 24.6. The van der Waals surface area contributed by atoms with E-state index in [0.717, 1.165) is 52.3 Å². The zero-order chi connectivity index (χ0) is 24.9. The molecular formula is C31H26N4O. The van der Waals surface area contributed by atoms with Crippen molar-refractivity contribution in [2.75, 3.05) is 0 Å². The normalized spacial score (nSPS) is 22.8. The standard InChI is InChI=1S/C31H26N4O/c1-20-25-17-16-24-28(26-11-7-8-18-33-26)34-35(30(24)31(25,2)19-27(32-3)29(20)36)23-14-12-22(13-15-23)21-9-5-4-6-10-21/h4-15,18-20,25H,16-17H2,1-2H3/t20-,25-,31-/m1/s1. The molecule has 2 aliphatic rings. The number of ketones is 1. The lowest BCUT2D eigenvalue weighted by Crippen LogP contribution is -2.46. The number of carbonyl (C=O) groups excluding carboxylic acids is 1. The monoisotopic (exact) mass is 470 g/mol. The van der Waals surface area contributed by atoms with E-state index >= 15 is 0 Å². The molecule has 0 N–H and O–H groups in total. The molecule has 2 aliphatic carbocycles. The van der Waals surface area contributed by atoms with Gasteiger partial charge in [-0.15, -0.1) is 0 Å². The van der Waals surface area contributed by atoms with Crippen LogP contribution < -0.4 is 0 Å². The first-order valence-electron chi connectivity index (χ1n) is 12.4. The number of aromatic nitrogens is 3. The summed E-state index contributed by atoms with van der Waals surface area (Å²) in [5.74, 6) is -0.142. The fourth-order valence-electron chi connectivity index (χ4n) is 6.14. The van der Waals surface area contributed by atoms with Crippen LogP contribution in [-0.4, -0.2) is 20.5 Å². The Morgan fingerprint density at radius 3 is 2.42 bits per heavy atom. The van der Waals surface area contributed by atoms with Crippen molar-refractivity contribution in [3.63, 3.8) is 0 Å². The van der Waals surface area contributed by atoms with Gasteiger partial charge in [0, 0.05) is 23.1 Å². The zero-order valence-electron chi connectivity index (χ0n) is 20.3. The Bertz CT molecular complexity index is 1530. The van der Waals surface area contributed by atoms with Crippen molar-refractivity contribution in [3.8, 4) is 28.2 Å². The Labute approximate surface area is 211 Å². The highest BCUT2D eigenvalue weighted by Crippen LogP contribution is 2.52. The summed E-state index contributed by atoms with van der Waals surface area (Å²) in [7, 11) is 0. The molecule has 0 amide bonds. The van der Waals surface area contributed by atoms with Gasteiger partial charge in [-0.25, -0.2) is 9.53 Å². The molecule has 176 valence electrons. The number of Topliss-reactive ketones (excluding diaryl/α,β-unsaturated/α-hetero) is 1. The first-order chi connectivity index (χ1) is 17.5. The molecule has 4 aromatic rings. The molecule has 2 aromatic carbocycles. The van der Waals surface area contributed by atoms with E-state index in [0.29, 0.717) is 0 Å². The lowest BCUT2D eigenvalue weighted by Gasteiger charge is -2.45. The fourth-order valence-corrected chi connectivity index (χ4v) is 6.14. The van der Waals surface area contributed by atoms with E-state index in [2.05, 4.69) is 53.2 Å². The predicted molar refractivity (Wildman–Crippen MR) is 140 cm³/mol. The van der Waals surface area contributed by atoms with E-state index in [1.807, 2.05) is 54.1 Å². The van der Waals surface area contributed by atoms with Crippen LogP contribution in [-0.2, 0) is 16.6 Å². The highest BCUT2D eigenvalue weighted by atomic mass is 16.1. The minimum Gasteiger partial charge on any atom is -0.308 e.